The molecule has 1 heterocycles. The van der Waals surface area contributed by atoms with E-state index in [1.54, 1.807) is 12.5 Å². The van der Waals surface area contributed by atoms with Crippen molar-refractivity contribution in [2.24, 2.45) is 0 Å². The molecule has 96 valence electrons. The van der Waals surface area contributed by atoms with Gasteiger partial charge in [-0.1, -0.05) is 36.7 Å². The highest BCUT2D eigenvalue weighted by molar-refractivity contribution is 6.32. The van der Waals surface area contributed by atoms with Gasteiger partial charge < -0.3 is 9.73 Å². The van der Waals surface area contributed by atoms with Crippen molar-refractivity contribution in [1.29, 1.82) is 0 Å². The van der Waals surface area contributed by atoms with Crippen LogP contribution < -0.4 is 5.32 Å². The predicted molar refractivity (Wildman–Crippen MR) is 75.0 cm³/mol. The maximum Gasteiger partial charge on any atom is 0.0935 e. The van der Waals surface area contributed by atoms with Gasteiger partial charge in [-0.25, -0.2) is 0 Å². The smallest absolute Gasteiger partial charge is 0.0935 e. The summed E-state index contributed by atoms with van der Waals surface area (Å²) < 4.78 is 5.12. The highest BCUT2D eigenvalue weighted by Gasteiger charge is 2.15. The Morgan fingerprint density at radius 3 is 2.83 bits per heavy atom. The van der Waals surface area contributed by atoms with E-state index in [1.807, 2.05) is 19.1 Å². The Balaban J connectivity index is 2.26. The maximum absolute atomic E-state index is 6.40. The summed E-state index contributed by atoms with van der Waals surface area (Å²) >= 11 is 6.40. The lowest BCUT2D eigenvalue weighted by atomic mass is 9.98. The van der Waals surface area contributed by atoms with Crippen molar-refractivity contribution in [3.8, 4) is 0 Å². The average molecular weight is 264 g/mol. The van der Waals surface area contributed by atoms with Crippen molar-refractivity contribution >= 4 is 11.6 Å². The van der Waals surface area contributed by atoms with Gasteiger partial charge in [-0.05, 0) is 42.6 Å². The number of benzene rings is 1. The molecular formula is C15H18ClNO. The minimum absolute atomic E-state index is 0.222. The number of hydrogen-bond donors (Lipinski definition) is 1. The Hall–Kier alpha value is -1.25. The normalized spacial score (nSPS) is 12.6. The van der Waals surface area contributed by atoms with Crippen LogP contribution in [0, 0.1) is 6.92 Å². The van der Waals surface area contributed by atoms with E-state index in [0.717, 1.165) is 29.1 Å². The number of halogens is 1. The molecule has 18 heavy (non-hydrogen) atoms. The van der Waals surface area contributed by atoms with Crippen molar-refractivity contribution in [3.63, 3.8) is 0 Å². The molecule has 3 heteroatoms. The first-order valence-corrected chi connectivity index (χ1v) is 6.59. The Kier molecular flexibility index (Phi) is 4.45. The average Bonchev–Trinajstić information content (AvgIpc) is 2.85. The molecule has 0 aliphatic carbocycles. The van der Waals surface area contributed by atoms with E-state index >= 15 is 0 Å². The molecule has 1 unspecified atom stereocenters. The van der Waals surface area contributed by atoms with E-state index < -0.39 is 0 Å². The van der Waals surface area contributed by atoms with Gasteiger partial charge >= 0.3 is 0 Å². The summed E-state index contributed by atoms with van der Waals surface area (Å²) in [5.74, 6) is 0. The van der Waals surface area contributed by atoms with Crippen LogP contribution in [0.5, 0.6) is 0 Å². The molecule has 1 aromatic carbocycles. The first kappa shape index (κ1) is 13.2. The Morgan fingerprint density at radius 2 is 2.17 bits per heavy atom. The van der Waals surface area contributed by atoms with Gasteiger partial charge in [0.15, 0.2) is 0 Å². The van der Waals surface area contributed by atoms with Crippen molar-refractivity contribution in [2.45, 2.75) is 26.3 Å². The van der Waals surface area contributed by atoms with E-state index in [2.05, 4.69) is 24.4 Å². The molecule has 0 saturated heterocycles. The van der Waals surface area contributed by atoms with Crippen LogP contribution in [0.4, 0.5) is 0 Å². The van der Waals surface area contributed by atoms with E-state index in [-0.39, 0.29) is 6.04 Å². The number of nitrogens with one attached hydrogen (secondary N) is 1. The molecule has 0 bridgehead atoms. The first-order valence-electron chi connectivity index (χ1n) is 6.21. The summed E-state index contributed by atoms with van der Waals surface area (Å²) in [5.41, 5.74) is 3.45. The van der Waals surface area contributed by atoms with Gasteiger partial charge in [0.05, 0.1) is 12.5 Å². The first-order chi connectivity index (χ1) is 8.72. The number of hydrogen-bond acceptors (Lipinski definition) is 2. The molecule has 1 aromatic heterocycles. The van der Waals surface area contributed by atoms with Crippen LogP contribution in [-0.4, -0.2) is 6.54 Å². The van der Waals surface area contributed by atoms with Crippen molar-refractivity contribution in [3.05, 3.63) is 58.5 Å². The molecule has 1 atom stereocenters. The molecule has 0 spiro atoms. The van der Waals surface area contributed by atoms with Gasteiger partial charge in [0, 0.05) is 11.1 Å². The molecule has 0 amide bonds. The van der Waals surface area contributed by atoms with Crippen LogP contribution >= 0.6 is 11.6 Å². The third-order valence-electron chi connectivity index (χ3n) is 3.07. The second-order valence-corrected chi connectivity index (χ2v) is 4.80. The molecule has 2 aromatic rings. The molecule has 0 aliphatic heterocycles. The molecule has 2 rings (SSSR count). The van der Waals surface area contributed by atoms with Crippen molar-refractivity contribution in [1.82, 2.24) is 5.32 Å². The Morgan fingerprint density at radius 1 is 1.33 bits per heavy atom. The van der Waals surface area contributed by atoms with Crippen LogP contribution in [0.15, 0.2) is 41.2 Å². The lowest BCUT2D eigenvalue weighted by Crippen LogP contribution is -2.23. The second kappa shape index (κ2) is 6.07. The van der Waals surface area contributed by atoms with Gasteiger partial charge in [0.1, 0.15) is 0 Å². The number of rotatable bonds is 5. The SMILES string of the molecule is CCNC(Cc1ccoc1)c1cccc(C)c1Cl. The van der Waals surface area contributed by atoms with Crippen molar-refractivity contribution in [2.75, 3.05) is 6.54 Å². The van der Waals surface area contributed by atoms with Crippen LogP contribution in [-0.2, 0) is 6.42 Å². The number of likely N-dealkylation sites (N-methyl/N-ethyl adjacent to an activating group) is 1. The number of aryl methyl sites for hydroxylation is 1. The second-order valence-electron chi connectivity index (χ2n) is 4.42. The van der Waals surface area contributed by atoms with Crippen LogP contribution in [0.3, 0.4) is 0 Å². The highest BCUT2D eigenvalue weighted by atomic mass is 35.5. The van der Waals surface area contributed by atoms with E-state index in [1.165, 1.54) is 5.56 Å². The van der Waals surface area contributed by atoms with Gasteiger partial charge in [-0.2, -0.15) is 0 Å². The Labute approximate surface area is 113 Å². The topological polar surface area (TPSA) is 25.2 Å². The summed E-state index contributed by atoms with van der Waals surface area (Å²) in [5, 5.41) is 4.33. The number of furan rings is 1. The highest BCUT2D eigenvalue weighted by Crippen LogP contribution is 2.28. The standard InChI is InChI=1S/C15H18ClNO/c1-3-17-14(9-12-7-8-18-10-12)13-6-4-5-11(2)15(13)16/h4-8,10,14,17H,3,9H2,1-2H3. The summed E-state index contributed by atoms with van der Waals surface area (Å²) in [7, 11) is 0. The molecule has 0 fully saturated rings. The molecule has 1 N–H and O–H groups in total. The predicted octanol–water partition coefficient (Wildman–Crippen LogP) is 4.13. The van der Waals surface area contributed by atoms with Gasteiger partial charge in [-0.15, -0.1) is 0 Å². The Bertz CT molecular complexity index is 493. The monoisotopic (exact) mass is 263 g/mol. The molecule has 2 nitrogen and oxygen atoms in total. The molecule has 0 aliphatic rings. The summed E-state index contributed by atoms with van der Waals surface area (Å²) in [6.07, 6.45) is 4.37. The lowest BCUT2D eigenvalue weighted by Gasteiger charge is -2.19. The maximum atomic E-state index is 6.40. The van der Waals surface area contributed by atoms with Crippen molar-refractivity contribution < 1.29 is 4.42 Å². The minimum Gasteiger partial charge on any atom is -0.472 e. The third kappa shape index (κ3) is 2.95. The fourth-order valence-electron chi connectivity index (χ4n) is 2.12. The van der Waals surface area contributed by atoms with Crippen LogP contribution in [0.1, 0.15) is 29.7 Å². The molecule has 0 radical (unpaired) electrons. The molecular weight excluding hydrogens is 246 g/mol. The summed E-state index contributed by atoms with van der Waals surface area (Å²) in [6, 6.07) is 8.39. The molecule has 0 saturated carbocycles. The zero-order chi connectivity index (χ0) is 13.0. The summed E-state index contributed by atoms with van der Waals surface area (Å²) in [4.78, 5) is 0. The quantitative estimate of drug-likeness (QED) is 0.877. The fourth-order valence-corrected chi connectivity index (χ4v) is 2.38. The fraction of sp³-hybridized carbons (Fsp3) is 0.333. The van der Waals surface area contributed by atoms with Crippen LogP contribution in [0.25, 0.3) is 0 Å². The lowest BCUT2D eigenvalue weighted by molar-refractivity contribution is 0.535. The van der Waals surface area contributed by atoms with Gasteiger partial charge in [-0.3, -0.25) is 0 Å². The van der Waals surface area contributed by atoms with Gasteiger partial charge in [0.25, 0.3) is 0 Å². The zero-order valence-electron chi connectivity index (χ0n) is 10.7. The minimum atomic E-state index is 0.222. The largest absolute Gasteiger partial charge is 0.472 e. The van der Waals surface area contributed by atoms with E-state index in [0.29, 0.717) is 0 Å². The van der Waals surface area contributed by atoms with E-state index in [4.69, 9.17) is 16.0 Å². The van der Waals surface area contributed by atoms with E-state index in [9.17, 15) is 0 Å². The third-order valence-corrected chi connectivity index (χ3v) is 3.58. The summed E-state index contributed by atoms with van der Waals surface area (Å²) in [6.45, 7) is 5.05. The van der Waals surface area contributed by atoms with Gasteiger partial charge in [0.2, 0.25) is 0 Å². The zero-order valence-corrected chi connectivity index (χ0v) is 11.5. The van der Waals surface area contributed by atoms with Crippen LogP contribution in [0.2, 0.25) is 5.02 Å².